The lowest BCUT2D eigenvalue weighted by molar-refractivity contribution is -0.137. The molecule has 0 aromatic carbocycles. The van der Waals surface area contributed by atoms with E-state index in [2.05, 4.69) is 6.92 Å². The Morgan fingerprint density at radius 2 is 2.09 bits per heavy atom. The summed E-state index contributed by atoms with van der Waals surface area (Å²) < 4.78 is 0. The molecule has 0 radical (unpaired) electrons. The zero-order valence-corrected chi connectivity index (χ0v) is 7.05. The fraction of sp³-hybridized carbons (Fsp3) is 0.889. The molecule has 0 aromatic heterocycles. The Labute approximate surface area is 67.6 Å². The maximum absolute atomic E-state index is 10.2. The van der Waals surface area contributed by atoms with Crippen LogP contribution in [0.4, 0.5) is 0 Å². The molecule has 1 saturated carbocycles. The lowest BCUT2D eigenvalue weighted by Gasteiger charge is -1.94. The lowest BCUT2D eigenvalue weighted by atomic mass is 10.1. The summed E-state index contributed by atoms with van der Waals surface area (Å²) in [5.41, 5.74) is 0. The molecule has 2 unspecified atom stereocenters. The normalized spacial score (nSPS) is 28.5. The van der Waals surface area contributed by atoms with E-state index in [9.17, 15) is 4.79 Å². The molecule has 1 aliphatic rings. The van der Waals surface area contributed by atoms with Gasteiger partial charge in [-0.15, -0.1) is 0 Å². The summed E-state index contributed by atoms with van der Waals surface area (Å²) in [6.07, 6.45) is 5.09. The first-order valence-electron chi connectivity index (χ1n) is 4.45. The van der Waals surface area contributed by atoms with Crippen LogP contribution in [-0.2, 0) is 4.79 Å². The third-order valence-corrected chi connectivity index (χ3v) is 2.46. The quantitative estimate of drug-likeness (QED) is 0.663. The molecule has 1 N–H and O–H groups in total. The zero-order valence-electron chi connectivity index (χ0n) is 7.05. The van der Waals surface area contributed by atoms with Crippen molar-refractivity contribution in [3.8, 4) is 0 Å². The van der Waals surface area contributed by atoms with Crippen LogP contribution in [0.3, 0.4) is 0 Å². The largest absolute Gasteiger partial charge is 0.481 e. The van der Waals surface area contributed by atoms with Crippen LogP contribution in [0.25, 0.3) is 0 Å². The molecular weight excluding hydrogens is 140 g/mol. The highest BCUT2D eigenvalue weighted by Gasteiger charge is 2.35. The maximum Gasteiger partial charge on any atom is 0.303 e. The van der Waals surface area contributed by atoms with Gasteiger partial charge in [-0.05, 0) is 24.7 Å². The van der Waals surface area contributed by atoms with E-state index in [1.165, 1.54) is 19.3 Å². The highest BCUT2D eigenvalue weighted by molar-refractivity contribution is 5.66. The van der Waals surface area contributed by atoms with Crippen LogP contribution in [0.15, 0.2) is 0 Å². The second-order valence-corrected chi connectivity index (χ2v) is 3.48. The standard InChI is InChI=1S/C9H16O2/c1-2-3-7-6-8(7)4-5-9(10)11/h7-8H,2-6H2,1H3,(H,10,11). The minimum atomic E-state index is -0.646. The van der Waals surface area contributed by atoms with Crippen molar-refractivity contribution in [1.82, 2.24) is 0 Å². The van der Waals surface area contributed by atoms with Crippen LogP contribution in [0.1, 0.15) is 39.0 Å². The van der Waals surface area contributed by atoms with Crippen molar-refractivity contribution in [1.29, 1.82) is 0 Å². The van der Waals surface area contributed by atoms with Gasteiger partial charge in [0.1, 0.15) is 0 Å². The first-order valence-corrected chi connectivity index (χ1v) is 4.45. The van der Waals surface area contributed by atoms with Crippen molar-refractivity contribution in [2.45, 2.75) is 39.0 Å². The Morgan fingerprint density at radius 3 is 2.64 bits per heavy atom. The fourth-order valence-electron chi connectivity index (χ4n) is 1.70. The number of hydrogen-bond acceptors (Lipinski definition) is 1. The number of carbonyl (C=O) groups is 1. The summed E-state index contributed by atoms with van der Waals surface area (Å²) in [4.78, 5) is 10.2. The molecule has 0 amide bonds. The third-order valence-electron chi connectivity index (χ3n) is 2.46. The molecule has 0 aromatic rings. The van der Waals surface area contributed by atoms with Crippen LogP contribution in [0.2, 0.25) is 0 Å². The van der Waals surface area contributed by atoms with E-state index in [0.29, 0.717) is 6.42 Å². The number of rotatable bonds is 5. The molecule has 0 saturated heterocycles. The average molecular weight is 156 g/mol. The van der Waals surface area contributed by atoms with E-state index in [4.69, 9.17) is 5.11 Å². The van der Waals surface area contributed by atoms with Crippen LogP contribution in [-0.4, -0.2) is 11.1 Å². The molecule has 2 heteroatoms. The van der Waals surface area contributed by atoms with Crippen LogP contribution in [0, 0.1) is 11.8 Å². The van der Waals surface area contributed by atoms with Gasteiger partial charge >= 0.3 is 5.97 Å². The van der Waals surface area contributed by atoms with Gasteiger partial charge in [0.25, 0.3) is 0 Å². The Hall–Kier alpha value is -0.530. The summed E-state index contributed by atoms with van der Waals surface area (Å²) in [7, 11) is 0. The van der Waals surface area contributed by atoms with Crippen molar-refractivity contribution in [2.75, 3.05) is 0 Å². The van der Waals surface area contributed by atoms with Gasteiger partial charge in [0.2, 0.25) is 0 Å². The van der Waals surface area contributed by atoms with Gasteiger partial charge in [0.05, 0.1) is 0 Å². The second kappa shape index (κ2) is 3.74. The van der Waals surface area contributed by atoms with Crippen molar-refractivity contribution in [3.05, 3.63) is 0 Å². The van der Waals surface area contributed by atoms with E-state index in [1.54, 1.807) is 0 Å². The summed E-state index contributed by atoms with van der Waals surface area (Å²) >= 11 is 0. The third kappa shape index (κ3) is 2.91. The smallest absolute Gasteiger partial charge is 0.303 e. The first kappa shape index (κ1) is 8.57. The Morgan fingerprint density at radius 1 is 1.45 bits per heavy atom. The molecule has 1 fully saturated rings. The molecule has 11 heavy (non-hydrogen) atoms. The van der Waals surface area contributed by atoms with E-state index in [0.717, 1.165) is 18.3 Å². The predicted octanol–water partition coefficient (Wildman–Crippen LogP) is 2.29. The molecule has 1 rings (SSSR count). The molecule has 64 valence electrons. The van der Waals surface area contributed by atoms with E-state index < -0.39 is 5.97 Å². The van der Waals surface area contributed by atoms with Gasteiger partial charge in [-0.2, -0.15) is 0 Å². The summed E-state index contributed by atoms with van der Waals surface area (Å²) in [6, 6.07) is 0. The fourth-order valence-corrected chi connectivity index (χ4v) is 1.70. The molecular formula is C9H16O2. The molecule has 0 heterocycles. The van der Waals surface area contributed by atoms with Gasteiger partial charge < -0.3 is 5.11 Å². The zero-order chi connectivity index (χ0) is 8.27. The monoisotopic (exact) mass is 156 g/mol. The SMILES string of the molecule is CCCC1CC1CCC(=O)O. The van der Waals surface area contributed by atoms with Crippen molar-refractivity contribution < 1.29 is 9.90 Å². The summed E-state index contributed by atoms with van der Waals surface area (Å²) in [5.74, 6) is 0.956. The van der Waals surface area contributed by atoms with Crippen molar-refractivity contribution in [2.24, 2.45) is 11.8 Å². The number of hydrogen-bond donors (Lipinski definition) is 1. The minimum absolute atomic E-state index is 0.366. The van der Waals surface area contributed by atoms with Crippen LogP contribution >= 0.6 is 0 Å². The van der Waals surface area contributed by atoms with Gasteiger partial charge in [0, 0.05) is 6.42 Å². The Bertz CT molecular complexity index is 142. The van der Waals surface area contributed by atoms with Crippen LogP contribution in [0.5, 0.6) is 0 Å². The number of carboxylic acid groups (broad SMARTS) is 1. The van der Waals surface area contributed by atoms with Crippen molar-refractivity contribution in [3.63, 3.8) is 0 Å². The minimum Gasteiger partial charge on any atom is -0.481 e. The number of aliphatic carboxylic acids is 1. The van der Waals surface area contributed by atoms with Gasteiger partial charge in [0.15, 0.2) is 0 Å². The van der Waals surface area contributed by atoms with E-state index in [-0.39, 0.29) is 0 Å². The average Bonchev–Trinajstić information content (AvgIpc) is 2.64. The second-order valence-electron chi connectivity index (χ2n) is 3.48. The van der Waals surface area contributed by atoms with E-state index in [1.807, 2.05) is 0 Å². The number of carboxylic acids is 1. The van der Waals surface area contributed by atoms with Crippen LogP contribution < -0.4 is 0 Å². The first-order chi connectivity index (χ1) is 5.24. The Balaban J connectivity index is 2.00. The van der Waals surface area contributed by atoms with E-state index >= 15 is 0 Å². The molecule has 0 spiro atoms. The predicted molar refractivity (Wildman–Crippen MR) is 43.4 cm³/mol. The summed E-state index contributed by atoms with van der Waals surface area (Å²) in [6.45, 7) is 2.19. The highest BCUT2D eigenvalue weighted by Crippen LogP contribution is 2.44. The maximum atomic E-state index is 10.2. The van der Waals surface area contributed by atoms with Gasteiger partial charge in [-0.1, -0.05) is 19.8 Å². The highest BCUT2D eigenvalue weighted by atomic mass is 16.4. The summed E-state index contributed by atoms with van der Waals surface area (Å²) in [5, 5.41) is 8.41. The van der Waals surface area contributed by atoms with Crippen molar-refractivity contribution >= 4 is 5.97 Å². The Kier molecular flexibility index (Phi) is 2.92. The molecule has 1 aliphatic carbocycles. The molecule has 2 atom stereocenters. The van der Waals surface area contributed by atoms with Gasteiger partial charge in [-0.25, -0.2) is 0 Å². The van der Waals surface area contributed by atoms with Gasteiger partial charge in [-0.3, -0.25) is 4.79 Å². The lowest BCUT2D eigenvalue weighted by Crippen LogP contribution is -1.95. The topological polar surface area (TPSA) is 37.3 Å². The molecule has 0 bridgehead atoms. The molecule has 0 aliphatic heterocycles. The molecule has 2 nitrogen and oxygen atoms in total.